The highest BCUT2D eigenvalue weighted by Crippen LogP contribution is 2.26. The normalized spacial score (nSPS) is 18.9. The summed E-state index contributed by atoms with van der Waals surface area (Å²) in [4.78, 5) is 28.7. The van der Waals surface area contributed by atoms with Crippen LogP contribution in [0.3, 0.4) is 0 Å². The van der Waals surface area contributed by atoms with Crippen LogP contribution in [0.4, 0.5) is 10.5 Å². The van der Waals surface area contributed by atoms with E-state index in [4.69, 9.17) is 4.74 Å². The van der Waals surface area contributed by atoms with Gasteiger partial charge in [-0.1, -0.05) is 23.4 Å². The zero-order valence-corrected chi connectivity index (χ0v) is 16.6. The quantitative estimate of drug-likeness (QED) is 0.663. The highest BCUT2D eigenvalue weighted by molar-refractivity contribution is 6.04. The minimum absolute atomic E-state index is 0.202. The third-order valence-corrected chi connectivity index (χ3v) is 5.43. The van der Waals surface area contributed by atoms with Crippen molar-refractivity contribution >= 4 is 17.6 Å². The third kappa shape index (κ3) is 4.24. The SMILES string of the molecule is COCCn1cc(C[C@@H]2NC(=O)N(CCN3CCCc4ccccc43)C2=O)nn1. The van der Waals surface area contributed by atoms with Crippen LogP contribution < -0.4 is 10.2 Å². The molecule has 2 aromatic rings. The number of anilines is 1. The first-order valence-corrected chi connectivity index (χ1v) is 9.98. The molecule has 9 heteroatoms. The molecule has 1 saturated heterocycles. The average Bonchev–Trinajstić information content (AvgIpc) is 3.29. The van der Waals surface area contributed by atoms with Gasteiger partial charge in [0.25, 0.3) is 5.91 Å². The van der Waals surface area contributed by atoms with Crippen molar-refractivity contribution in [2.75, 3.05) is 38.3 Å². The molecule has 3 amide bonds. The number of nitrogens with zero attached hydrogens (tertiary/aromatic N) is 5. The van der Waals surface area contributed by atoms with Crippen molar-refractivity contribution in [3.05, 3.63) is 41.7 Å². The van der Waals surface area contributed by atoms with Crippen LogP contribution in [0.1, 0.15) is 17.7 Å². The maximum Gasteiger partial charge on any atom is 0.324 e. The number of fused-ring (bicyclic) bond motifs is 1. The van der Waals surface area contributed by atoms with Crippen molar-refractivity contribution < 1.29 is 14.3 Å². The maximum atomic E-state index is 12.8. The Bertz CT molecular complexity index is 883. The van der Waals surface area contributed by atoms with Gasteiger partial charge in [0.05, 0.1) is 18.8 Å². The Labute approximate surface area is 169 Å². The lowest BCUT2D eigenvalue weighted by atomic mass is 10.0. The van der Waals surface area contributed by atoms with Crippen molar-refractivity contribution in [1.29, 1.82) is 0 Å². The van der Waals surface area contributed by atoms with Gasteiger partial charge in [-0.25, -0.2) is 9.48 Å². The number of amides is 3. The van der Waals surface area contributed by atoms with E-state index in [0.29, 0.717) is 38.4 Å². The Kier molecular flexibility index (Phi) is 5.75. The molecule has 0 spiro atoms. The number of nitrogens with one attached hydrogen (secondary N) is 1. The summed E-state index contributed by atoms with van der Waals surface area (Å²) in [6.45, 7) is 3.08. The summed E-state index contributed by atoms with van der Waals surface area (Å²) < 4.78 is 6.69. The van der Waals surface area contributed by atoms with Gasteiger partial charge in [-0.15, -0.1) is 5.10 Å². The van der Waals surface area contributed by atoms with Gasteiger partial charge < -0.3 is 15.0 Å². The van der Waals surface area contributed by atoms with Gasteiger partial charge in [0.2, 0.25) is 0 Å². The topological polar surface area (TPSA) is 92.6 Å². The lowest BCUT2D eigenvalue weighted by Gasteiger charge is -2.32. The molecule has 1 N–H and O–H groups in total. The van der Waals surface area contributed by atoms with Gasteiger partial charge >= 0.3 is 6.03 Å². The molecule has 2 aliphatic rings. The molecule has 1 aromatic heterocycles. The van der Waals surface area contributed by atoms with Crippen molar-refractivity contribution in [1.82, 2.24) is 25.2 Å². The Hall–Kier alpha value is -2.94. The molecule has 1 aromatic carbocycles. The van der Waals surface area contributed by atoms with Gasteiger partial charge in [0, 0.05) is 45.0 Å². The average molecular weight is 398 g/mol. The number of ether oxygens (including phenoxy) is 1. The van der Waals surface area contributed by atoms with E-state index in [2.05, 4.69) is 38.7 Å². The number of hydrogen-bond donors (Lipinski definition) is 1. The molecule has 9 nitrogen and oxygen atoms in total. The second-order valence-electron chi connectivity index (χ2n) is 7.38. The van der Waals surface area contributed by atoms with Crippen molar-refractivity contribution in [3.8, 4) is 0 Å². The lowest BCUT2D eigenvalue weighted by molar-refractivity contribution is -0.127. The first-order valence-electron chi connectivity index (χ1n) is 9.98. The molecule has 0 aliphatic carbocycles. The first-order chi connectivity index (χ1) is 14.2. The Morgan fingerprint density at radius 1 is 1.21 bits per heavy atom. The van der Waals surface area contributed by atoms with E-state index in [1.165, 1.54) is 16.2 Å². The fraction of sp³-hybridized carbons (Fsp3) is 0.500. The number of urea groups is 1. The fourth-order valence-electron chi connectivity index (χ4n) is 3.93. The van der Waals surface area contributed by atoms with Crippen LogP contribution in [0, 0.1) is 0 Å². The summed E-state index contributed by atoms with van der Waals surface area (Å²) in [7, 11) is 1.63. The van der Waals surface area contributed by atoms with Crippen molar-refractivity contribution in [2.45, 2.75) is 31.8 Å². The van der Waals surface area contributed by atoms with Crippen LogP contribution in [-0.2, 0) is 28.9 Å². The number of rotatable bonds is 8. The Morgan fingerprint density at radius 2 is 2.07 bits per heavy atom. The number of imide groups is 1. The number of aryl methyl sites for hydroxylation is 1. The molecular weight excluding hydrogens is 372 g/mol. The summed E-state index contributed by atoms with van der Waals surface area (Å²) in [5.74, 6) is -0.202. The van der Waals surface area contributed by atoms with Gasteiger partial charge in [0.15, 0.2) is 0 Å². The molecule has 0 bridgehead atoms. The van der Waals surface area contributed by atoms with E-state index in [0.717, 1.165) is 19.4 Å². The van der Waals surface area contributed by atoms with Crippen LogP contribution in [0.15, 0.2) is 30.5 Å². The van der Waals surface area contributed by atoms with Crippen LogP contribution in [0.25, 0.3) is 0 Å². The standard InChI is InChI=1S/C20H26N6O3/c1-29-12-11-25-14-16(22-23-25)13-17-19(27)26(20(28)21-17)10-9-24-8-4-6-15-5-2-3-7-18(15)24/h2-3,5,7,14,17H,4,6,8-13H2,1H3,(H,21,28)/t17-/m0/s1. The van der Waals surface area contributed by atoms with Gasteiger partial charge in [-0.2, -0.15) is 0 Å². The number of carbonyl (C=O) groups excluding carboxylic acids is 2. The van der Waals surface area contributed by atoms with E-state index in [1.54, 1.807) is 18.0 Å². The second-order valence-corrected chi connectivity index (χ2v) is 7.38. The molecule has 1 atom stereocenters. The highest BCUT2D eigenvalue weighted by Gasteiger charge is 2.38. The lowest BCUT2D eigenvalue weighted by Crippen LogP contribution is -2.41. The fourth-order valence-corrected chi connectivity index (χ4v) is 3.93. The monoisotopic (exact) mass is 398 g/mol. The largest absolute Gasteiger partial charge is 0.383 e. The predicted octanol–water partition coefficient (Wildman–Crippen LogP) is 0.840. The van der Waals surface area contributed by atoms with E-state index < -0.39 is 6.04 Å². The summed E-state index contributed by atoms with van der Waals surface area (Å²) in [5, 5.41) is 10.9. The summed E-state index contributed by atoms with van der Waals surface area (Å²) in [6.07, 6.45) is 4.27. The van der Waals surface area contributed by atoms with E-state index in [-0.39, 0.29) is 11.9 Å². The Morgan fingerprint density at radius 3 is 2.93 bits per heavy atom. The molecule has 0 radical (unpaired) electrons. The highest BCUT2D eigenvalue weighted by atomic mass is 16.5. The van der Waals surface area contributed by atoms with Gasteiger partial charge in [-0.3, -0.25) is 9.69 Å². The second kappa shape index (κ2) is 8.60. The molecule has 4 rings (SSSR count). The zero-order chi connectivity index (χ0) is 20.2. The molecule has 1 fully saturated rings. The van der Waals surface area contributed by atoms with E-state index in [9.17, 15) is 9.59 Å². The summed E-state index contributed by atoms with van der Waals surface area (Å²) >= 11 is 0. The first kappa shape index (κ1) is 19.4. The predicted molar refractivity (Wildman–Crippen MR) is 107 cm³/mol. The smallest absolute Gasteiger partial charge is 0.324 e. The summed E-state index contributed by atoms with van der Waals surface area (Å²) in [5.41, 5.74) is 3.20. The van der Waals surface area contributed by atoms with Crippen LogP contribution in [0.5, 0.6) is 0 Å². The van der Waals surface area contributed by atoms with Gasteiger partial charge in [0.1, 0.15) is 6.04 Å². The number of benzene rings is 1. The molecule has 2 aliphatic heterocycles. The molecular formula is C20H26N6O3. The molecule has 0 saturated carbocycles. The molecule has 0 unspecified atom stereocenters. The van der Waals surface area contributed by atoms with Gasteiger partial charge in [-0.05, 0) is 24.5 Å². The van der Waals surface area contributed by atoms with Crippen LogP contribution in [0.2, 0.25) is 0 Å². The van der Waals surface area contributed by atoms with Crippen LogP contribution in [-0.4, -0.2) is 71.2 Å². The summed E-state index contributed by atoms with van der Waals surface area (Å²) in [6, 6.07) is 7.40. The number of carbonyl (C=O) groups is 2. The van der Waals surface area contributed by atoms with Crippen molar-refractivity contribution in [3.63, 3.8) is 0 Å². The number of para-hydroxylation sites is 1. The van der Waals surface area contributed by atoms with Crippen molar-refractivity contribution in [2.24, 2.45) is 0 Å². The minimum atomic E-state index is -0.594. The number of methoxy groups -OCH3 is 1. The third-order valence-electron chi connectivity index (χ3n) is 5.43. The van der Waals surface area contributed by atoms with E-state index >= 15 is 0 Å². The zero-order valence-electron chi connectivity index (χ0n) is 16.6. The molecule has 29 heavy (non-hydrogen) atoms. The maximum absolute atomic E-state index is 12.8. The molecule has 3 heterocycles. The number of aromatic nitrogens is 3. The number of hydrogen-bond acceptors (Lipinski definition) is 6. The molecule has 154 valence electrons. The van der Waals surface area contributed by atoms with Crippen LogP contribution >= 0.6 is 0 Å². The minimum Gasteiger partial charge on any atom is -0.383 e. The van der Waals surface area contributed by atoms with E-state index in [1.807, 2.05) is 6.07 Å². The Balaban J connectivity index is 1.35.